The van der Waals surface area contributed by atoms with E-state index < -0.39 is 0 Å². The number of ether oxygens (including phenoxy) is 2. The van der Waals surface area contributed by atoms with E-state index >= 15 is 0 Å². The molecule has 3 rings (SSSR count). The SMILES string of the molecule is COc1ccc(OC)c2c(N=C(N)NC=O)cc(-c3ccccc3)nc12. The van der Waals surface area contributed by atoms with E-state index in [1.807, 2.05) is 30.3 Å². The van der Waals surface area contributed by atoms with Crippen LogP contribution in [0.25, 0.3) is 22.2 Å². The van der Waals surface area contributed by atoms with Crippen LogP contribution in [0, 0.1) is 0 Å². The molecule has 7 heteroatoms. The van der Waals surface area contributed by atoms with Crippen LogP contribution in [0.4, 0.5) is 5.69 Å². The number of nitrogens with one attached hydrogen (secondary N) is 1. The van der Waals surface area contributed by atoms with Crippen LogP contribution in [-0.4, -0.2) is 31.6 Å². The van der Waals surface area contributed by atoms with Gasteiger partial charge in [-0.05, 0) is 18.2 Å². The fourth-order valence-corrected chi connectivity index (χ4v) is 2.67. The van der Waals surface area contributed by atoms with Crippen molar-refractivity contribution in [2.45, 2.75) is 0 Å². The lowest BCUT2D eigenvalue weighted by Crippen LogP contribution is -2.29. The Kier molecular flexibility index (Phi) is 4.98. The number of amides is 1. The first-order valence-electron chi connectivity index (χ1n) is 7.83. The normalized spacial score (nSPS) is 11.2. The molecule has 2 aromatic carbocycles. The van der Waals surface area contributed by atoms with Crippen LogP contribution < -0.4 is 20.5 Å². The van der Waals surface area contributed by atoms with Crippen molar-refractivity contribution in [3.05, 3.63) is 48.5 Å². The van der Waals surface area contributed by atoms with Gasteiger partial charge < -0.3 is 15.2 Å². The maximum absolute atomic E-state index is 10.7. The summed E-state index contributed by atoms with van der Waals surface area (Å²) in [6.45, 7) is 0. The smallest absolute Gasteiger partial charge is 0.213 e. The first kappa shape index (κ1) is 17.2. The molecule has 26 heavy (non-hydrogen) atoms. The highest BCUT2D eigenvalue weighted by Crippen LogP contribution is 2.40. The highest BCUT2D eigenvalue weighted by molar-refractivity contribution is 6.02. The third-order valence-electron chi connectivity index (χ3n) is 3.82. The topological polar surface area (TPSA) is 98.8 Å². The third-order valence-corrected chi connectivity index (χ3v) is 3.82. The van der Waals surface area contributed by atoms with Crippen molar-refractivity contribution in [1.29, 1.82) is 0 Å². The Balaban J connectivity index is 2.36. The molecule has 0 spiro atoms. The molecule has 0 atom stereocenters. The molecule has 0 aliphatic carbocycles. The van der Waals surface area contributed by atoms with E-state index in [2.05, 4.69) is 10.3 Å². The van der Waals surface area contributed by atoms with Gasteiger partial charge in [-0.15, -0.1) is 0 Å². The number of aromatic nitrogens is 1. The minimum Gasteiger partial charge on any atom is -0.496 e. The Morgan fingerprint density at radius 1 is 1.12 bits per heavy atom. The summed E-state index contributed by atoms with van der Waals surface area (Å²) in [5, 5.41) is 2.98. The fourth-order valence-electron chi connectivity index (χ4n) is 2.67. The molecule has 0 unspecified atom stereocenters. The van der Waals surface area contributed by atoms with Gasteiger partial charge in [0.15, 0.2) is 5.96 Å². The minimum absolute atomic E-state index is 0.0311. The van der Waals surface area contributed by atoms with Crippen molar-refractivity contribution in [3.8, 4) is 22.8 Å². The van der Waals surface area contributed by atoms with Gasteiger partial charge in [-0.3, -0.25) is 10.1 Å². The standard InChI is InChI=1S/C19H18N4O3/c1-25-15-8-9-16(26-2)18-17(15)14(23-19(20)21-11-24)10-13(22-18)12-6-4-3-5-7-12/h3-11H,1-2H3,(H3,20,21,22,23,24). The number of carbonyl (C=O) groups is 1. The summed E-state index contributed by atoms with van der Waals surface area (Å²) in [6, 6.07) is 15.0. The zero-order valence-electron chi connectivity index (χ0n) is 14.4. The van der Waals surface area contributed by atoms with E-state index in [9.17, 15) is 4.79 Å². The van der Waals surface area contributed by atoms with Crippen LogP contribution in [0.2, 0.25) is 0 Å². The Morgan fingerprint density at radius 2 is 1.81 bits per heavy atom. The van der Waals surface area contributed by atoms with Gasteiger partial charge in [-0.1, -0.05) is 30.3 Å². The van der Waals surface area contributed by atoms with Crippen molar-refractivity contribution in [3.63, 3.8) is 0 Å². The summed E-state index contributed by atoms with van der Waals surface area (Å²) < 4.78 is 10.9. The highest BCUT2D eigenvalue weighted by Gasteiger charge is 2.16. The zero-order valence-corrected chi connectivity index (χ0v) is 14.4. The van der Waals surface area contributed by atoms with Crippen LogP contribution in [0.1, 0.15) is 0 Å². The average molecular weight is 350 g/mol. The summed E-state index contributed by atoms with van der Waals surface area (Å²) in [6.07, 6.45) is 0.470. The van der Waals surface area contributed by atoms with E-state index in [1.165, 1.54) is 0 Å². The Bertz CT molecular complexity index is 971. The van der Waals surface area contributed by atoms with Gasteiger partial charge >= 0.3 is 0 Å². The van der Waals surface area contributed by atoms with Crippen molar-refractivity contribution < 1.29 is 14.3 Å². The van der Waals surface area contributed by atoms with Gasteiger partial charge in [0.2, 0.25) is 6.41 Å². The van der Waals surface area contributed by atoms with Crippen LogP contribution >= 0.6 is 0 Å². The summed E-state index contributed by atoms with van der Waals surface area (Å²) in [7, 11) is 3.14. The number of nitrogens with two attached hydrogens (primary N) is 1. The highest BCUT2D eigenvalue weighted by atomic mass is 16.5. The number of hydrogen-bond donors (Lipinski definition) is 2. The molecule has 3 N–H and O–H groups in total. The van der Waals surface area contributed by atoms with Crippen LogP contribution in [0.3, 0.4) is 0 Å². The molecular formula is C19H18N4O3. The van der Waals surface area contributed by atoms with Gasteiger partial charge in [-0.25, -0.2) is 9.98 Å². The number of guanidine groups is 1. The fraction of sp³-hybridized carbons (Fsp3) is 0.105. The quantitative estimate of drug-likeness (QED) is 0.419. The van der Waals surface area contributed by atoms with E-state index in [-0.39, 0.29) is 5.96 Å². The summed E-state index contributed by atoms with van der Waals surface area (Å²) >= 11 is 0. The van der Waals surface area contributed by atoms with Crippen molar-refractivity contribution in [2.24, 2.45) is 10.7 Å². The molecule has 1 aromatic heterocycles. The lowest BCUT2D eigenvalue weighted by Gasteiger charge is -2.13. The molecule has 0 bridgehead atoms. The largest absolute Gasteiger partial charge is 0.496 e. The molecule has 132 valence electrons. The number of aliphatic imine (C=N–C) groups is 1. The second-order valence-electron chi connectivity index (χ2n) is 5.35. The van der Waals surface area contributed by atoms with E-state index in [4.69, 9.17) is 20.2 Å². The van der Waals surface area contributed by atoms with E-state index in [0.29, 0.717) is 40.2 Å². The molecule has 7 nitrogen and oxygen atoms in total. The van der Waals surface area contributed by atoms with E-state index in [0.717, 1.165) is 5.56 Å². The van der Waals surface area contributed by atoms with Gasteiger partial charge in [0.1, 0.15) is 17.0 Å². The second kappa shape index (κ2) is 7.52. The number of methoxy groups -OCH3 is 2. The van der Waals surface area contributed by atoms with Crippen molar-refractivity contribution in [1.82, 2.24) is 10.3 Å². The molecule has 3 aromatic rings. The molecule has 1 amide bonds. The van der Waals surface area contributed by atoms with Gasteiger partial charge in [0.25, 0.3) is 0 Å². The monoisotopic (exact) mass is 350 g/mol. The van der Waals surface area contributed by atoms with Gasteiger partial charge in [-0.2, -0.15) is 0 Å². The third kappa shape index (κ3) is 3.27. The summed E-state index contributed by atoms with van der Waals surface area (Å²) in [5.41, 5.74) is 8.48. The summed E-state index contributed by atoms with van der Waals surface area (Å²) in [4.78, 5) is 19.7. The zero-order chi connectivity index (χ0) is 18.5. The lowest BCUT2D eigenvalue weighted by atomic mass is 10.1. The van der Waals surface area contributed by atoms with Gasteiger partial charge in [0.05, 0.1) is 31.0 Å². The number of hydrogen-bond acceptors (Lipinski definition) is 5. The maximum Gasteiger partial charge on any atom is 0.213 e. The Morgan fingerprint density at radius 3 is 2.46 bits per heavy atom. The maximum atomic E-state index is 10.7. The number of fused-ring (bicyclic) bond motifs is 1. The number of carbonyl (C=O) groups excluding carboxylic acids is 1. The predicted octanol–water partition coefficient (Wildman–Crippen LogP) is 2.61. The summed E-state index contributed by atoms with van der Waals surface area (Å²) in [5.74, 6) is 1.12. The molecular weight excluding hydrogens is 332 g/mol. The molecule has 0 saturated carbocycles. The molecule has 0 radical (unpaired) electrons. The Hall–Kier alpha value is -3.61. The molecule has 0 saturated heterocycles. The predicted molar refractivity (Wildman–Crippen MR) is 101 cm³/mol. The van der Waals surface area contributed by atoms with E-state index in [1.54, 1.807) is 32.4 Å². The van der Waals surface area contributed by atoms with Crippen molar-refractivity contribution >= 4 is 29.0 Å². The first-order chi connectivity index (χ1) is 12.7. The number of benzene rings is 2. The number of rotatable bonds is 5. The minimum atomic E-state index is -0.0311. The second-order valence-corrected chi connectivity index (χ2v) is 5.35. The van der Waals surface area contributed by atoms with Crippen LogP contribution in [0.5, 0.6) is 11.5 Å². The first-order valence-corrected chi connectivity index (χ1v) is 7.83. The Labute approximate surface area is 150 Å². The average Bonchev–Trinajstić information content (AvgIpc) is 2.67. The molecule has 0 aliphatic rings. The van der Waals surface area contributed by atoms with Crippen LogP contribution in [0.15, 0.2) is 53.5 Å². The molecule has 0 aliphatic heterocycles. The van der Waals surface area contributed by atoms with Crippen LogP contribution in [-0.2, 0) is 4.79 Å². The number of pyridine rings is 1. The molecule has 1 heterocycles. The molecule has 0 fully saturated rings. The number of nitrogens with zero attached hydrogens (tertiary/aromatic N) is 2. The van der Waals surface area contributed by atoms with Crippen molar-refractivity contribution in [2.75, 3.05) is 14.2 Å². The van der Waals surface area contributed by atoms with Gasteiger partial charge in [0, 0.05) is 5.56 Å². The lowest BCUT2D eigenvalue weighted by molar-refractivity contribution is -0.108.